The number of carbonyl (C=O) groups is 1. The Bertz CT molecular complexity index is 1610. The molecule has 3 aromatic carbocycles. The number of H-pyrrole nitrogens is 1. The number of benzene rings is 3. The Hall–Kier alpha value is -4.17. The molecule has 0 amide bonds. The first-order valence-corrected chi connectivity index (χ1v) is 12.3. The second-order valence-electron chi connectivity index (χ2n) is 8.96. The van der Waals surface area contributed by atoms with Crippen molar-refractivity contribution in [3.63, 3.8) is 0 Å². The number of ether oxygens (including phenoxy) is 1. The van der Waals surface area contributed by atoms with Crippen molar-refractivity contribution in [1.29, 1.82) is 0 Å². The van der Waals surface area contributed by atoms with Crippen LogP contribution in [0.1, 0.15) is 40.8 Å². The minimum atomic E-state index is -1.11. The van der Waals surface area contributed by atoms with Gasteiger partial charge in [0.25, 0.3) is 0 Å². The molecule has 0 aliphatic carbocycles. The Morgan fingerprint density at radius 2 is 1.86 bits per heavy atom. The minimum absolute atomic E-state index is 0.0273. The largest absolute Gasteiger partial charge is 0.493 e. The highest BCUT2D eigenvalue weighted by Gasteiger charge is 2.26. The number of aromatic nitrogens is 3. The first-order valence-electron chi connectivity index (χ1n) is 12.3. The molecule has 0 saturated carbocycles. The number of carboxylic acid groups (broad SMARTS) is 1. The van der Waals surface area contributed by atoms with Crippen LogP contribution in [-0.4, -0.2) is 37.6 Å². The molecule has 0 radical (unpaired) electrons. The zero-order chi connectivity index (χ0) is 26.1. The fourth-order valence-corrected chi connectivity index (χ4v) is 5.16. The molecule has 5 rings (SSSR count). The average Bonchev–Trinajstić information content (AvgIpc) is 3.43. The van der Waals surface area contributed by atoms with Gasteiger partial charge < -0.3 is 19.9 Å². The van der Waals surface area contributed by atoms with E-state index in [1.54, 1.807) is 17.8 Å². The van der Waals surface area contributed by atoms with Crippen LogP contribution in [0.4, 0.5) is 4.39 Å². The molecule has 0 spiro atoms. The number of rotatable bonds is 9. The second-order valence-corrected chi connectivity index (χ2v) is 8.96. The standard InChI is InChI=1S/C29H28FN3O4/c1-3-23-26(22(16-34)32-33(23)2)25-21(30)14-13-20-19(28(29(35)36)31-27(20)25)11-7-15-37-24-12-6-9-17-8-4-5-10-18(17)24/h4-6,8-10,12-14,31,34H,3,7,11,15-16H2,1-2H3,(H,35,36). The van der Waals surface area contributed by atoms with Crippen molar-refractivity contribution in [1.82, 2.24) is 14.8 Å². The third kappa shape index (κ3) is 4.34. The Kier molecular flexibility index (Phi) is 6.67. The Morgan fingerprint density at radius 3 is 2.62 bits per heavy atom. The number of halogens is 1. The van der Waals surface area contributed by atoms with E-state index >= 15 is 4.39 Å². The van der Waals surface area contributed by atoms with E-state index in [0.717, 1.165) is 22.2 Å². The van der Waals surface area contributed by atoms with Gasteiger partial charge in [-0.1, -0.05) is 43.3 Å². The molecule has 37 heavy (non-hydrogen) atoms. The summed E-state index contributed by atoms with van der Waals surface area (Å²) in [5.41, 5.74) is 2.85. The van der Waals surface area contributed by atoms with Crippen LogP contribution in [0.15, 0.2) is 54.6 Å². The molecule has 2 aromatic heterocycles. The highest BCUT2D eigenvalue weighted by atomic mass is 19.1. The van der Waals surface area contributed by atoms with Crippen LogP contribution in [0, 0.1) is 5.82 Å². The molecule has 3 N–H and O–H groups in total. The lowest BCUT2D eigenvalue weighted by Crippen LogP contribution is -2.04. The highest BCUT2D eigenvalue weighted by molar-refractivity contribution is 6.03. The summed E-state index contributed by atoms with van der Waals surface area (Å²) in [6.45, 7) is 1.97. The van der Waals surface area contributed by atoms with Crippen molar-refractivity contribution in [2.24, 2.45) is 7.05 Å². The first-order chi connectivity index (χ1) is 17.9. The van der Waals surface area contributed by atoms with Gasteiger partial charge in [-0.2, -0.15) is 5.10 Å². The van der Waals surface area contributed by atoms with Crippen molar-refractivity contribution in [3.8, 4) is 16.9 Å². The zero-order valence-electron chi connectivity index (χ0n) is 20.7. The number of aryl methyl sites for hydroxylation is 2. The molecular weight excluding hydrogens is 473 g/mol. The number of nitrogens with zero attached hydrogens (tertiary/aromatic N) is 2. The van der Waals surface area contributed by atoms with Gasteiger partial charge in [0.05, 0.1) is 24.4 Å². The van der Waals surface area contributed by atoms with Crippen LogP contribution in [0.3, 0.4) is 0 Å². The Balaban J connectivity index is 1.50. The minimum Gasteiger partial charge on any atom is -0.493 e. The predicted molar refractivity (Wildman–Crippen MR) is 140 cm³/mol. The third-order valence-corrected chi connectivity index (χ3v) is 6.80. The molecule has 0 fully saturated rings. The number of aromatic amines is 1. The van der Waals surface area contributed by atoms with Crippen LogP contribution in [-0.2, 0) is 26.5 Å². The summed E-state index contributed by atoms with van der Waals surface area (Å²) in [6.07, 6.45) is 1.57. The summed E-state index contributed by atoms with van der Waals surface area (Å²) in [5.74, 6) is -0.842. The molecule has 2 heterocycles. The van der Waals surface area contributed by atoms with Crippen molar-refractivity contribution in [3.05, 3.63) is 83.1 Å². The zero-order valence-corrected chi connectivity index (χ0v) is 20.7. The van der Waals surface area contributed by atoms with Crippen LogP contribution in [0.2, 0.25) is 0 Å². The van der Waals surface area contributed by atoms with Gasteiger partial charge in [-0.05, 0) is 48.4 Å². The molecule has 0 saturated heterocycles. The van der Waals surface area contributed by atoms with Gasteiger partial charge in [0.1, 0.15) is 17.3 Å². The summed E-state index contributed by atoms with van der Waals surface area (Å²) >= 11 is 0. The summed E-state index contributed by atoms with van der Waals surface area (Å²) in [4.78, 5) is 15.1. The summed E-state index contributed by atoms with van der Waals surface area (Å²) in [7, 11) is 1.75. The summed E-state index contributed by atoms with van der Waals surface area (Å²) in [5, 5.41) is 26.9. The average molecular weight is 502 g/mol. The smallest absolute Gasteiger partial charge is 0.352 e. The van der Waals surface area contributed by atoms with Crippen molar-refractivity contribution >= 4 is 27.6 Å². The number of fused-ring (bicyclic) bond motifs is 2. The van der Waals surface area contributed by atoms with Crippen molar-refractivity contribution < 1.29 is 24.1 Å². The van der Waals surface area contributed by atoms with Gasteiger partial charge in [-0.3, -0.25) is 4.68 Å². The van der Waals surface area contributed by atoms with Gasteiger partial charge in [0, 0.05) is 34.6 Å². The maximum Gasteiger partial charge on any atom is 0.352 e. The topological polar surface area (TPSA) is 100 Å². The molecule has 0 aliphatic rings. The van der Waals surface area contributed by atoms with Gasteiger partial charge in [-0.15, -0.1) is 0 Å². The van der Waals surface area contributed by atoms with Gasteiger partial charge in [0.15, 0.2) is 0 Å². The molecule has 7 nitrogen and oxygen atoms in total. The number of aliphatic hydroxyl groups is 1. The normalized spacial score (nSPS) is 11.5. The predicted octanol–water partition coefficient (Wildman–Crippen LogP) is 5.63. The molecular formula is C29H28FN3O4. The maximum absolute atomic E-state index is 15.3. The van der Waals surface area contributed by atoms with E-state index in [0.29, 0.717) is 53.6 Å². The molecule has 0 unspecified atom stereocenters. The van der Waals surface area contributed by atoms with Crippen LogP contribution < -0.4 is 4.74 Å². The first kappa shape index (κ1) is 24.5. The van der Waals surface area contributed by atoms with E-state index in [2.05, 4.69) is 10.1 Å². The molecule has 0 atom stereocenters. The van der Waals surface area contributed by atoms with Crippen LogP contribution in [0.5, 0.6) is 5.75 Å². The number of hydrogen-bond acceptors (Lipinski definition) is 4. The lowest BCUT2D eigenvalue weighted by atomic mass is 9.97. The molecule has 5 aromatic rings. The Morgan fingerprint density at radius 1 is 1.08 bits per heavy atom. The lowest BCUT2D eigenvalue weighted by molar-refractivity contribution is 0.0690. The molecule has 0 aliphatic heterocycles. The van der Waals surface area contributed by atoms with E-state index in [1.807, 2.05) is 49.4 Å². The molecule has 0 bridgehead atoms. The van der Waals surface area contributed by atoms with E-state index in [-0.39, 0.29) is 17.9 Å². The fraction of sp³-hybridized carbons (Fsp3) is 0.241. The van der Waals surface area contributed by atoms with Crippen molar-refractivity contribution in [2.45, 2.75) is 32.8 Å². The van der Waals surface area contributed by atoms with E-state index in [4.69, 9.17) is 4.74 Å². The lowest BCUT2D eigenvalue weighted by Gasteiger charge is -2.10. The van der Waals surface area contributed by atoms with Gasteiger partial charge in [0.2, 0.25) is 0 Å². The van der Waals surface area contributed by atoms with E-state index < -0.39 is 11.8 Å². The molecule has 190 valence electrons. The van der Waals surface area contributed by atoms with E-state index in [9.17, 15) is 15.0 Å². The van der Waals surface area contributed by atoms with E-state index in [1.165, 1.54) is 6.07 Å². The third-order valence-electron chi connectivity index (χ3n) is 6.80. The molecule has 8 heteroatoms. The van der Waals surface area contributed by atoms with Crippen LogP contribution >= 0.6 is 0 Å². The highest BCUT2D eigenvalue weighted by Crippen LogP contribution is 2.38. The number of aromatic carboxylic acids is 1. The Labute approximate surface area is 213 Å². The summed E-state index contributed by atoms with van der Waals surface area (Å²) < 4.78 is 23.0. The number of nitrogens with one attached hydrogen (secondary N) is 1. The summed E-state index contributed by atoms with van der Waals surface area (Å²) in [6, 6.07) is 16.8. The number of aliphatic hydroxyl groups excluding tert-OH is 1. The second kappa shape index (κ2) is 10.1. The van der Waals surface area contributed by atoms with Crippen LogP contribution in [0.25, 0.3) is 32.8 Å². The number of carboxylic acids is 1. The fourth-order valence-electron chi connectivity index (χ4n) is 5.16. The quantitative estimate of drug-likeness (QED) is 0.228. The monoisotopic (exact) mass is 501 g/mol. The van der Waals surface area contributed by atoms with Gasteiger partial charge >= 0.3 is 5.97 Å². The van der Waals surface area contributed by atoms with Gasteiger partial charge in [-0.25, -0.2) is 9.18 Å². The maximum atomic E-state index is 15.3. The SMILES string of the molecule is CCc1c(-c2c(F)ccc3c(CCCOc4cccc5ccccc45)c(C(=O)O)[nH]c23)c(CO)nn1C. The number of hydrogen-bond donors (Lipinski definition) is 3. The van der Waals surface area contributed by atoms with Crippen molar-refractivity contribution in [2.75, 3.05) is 6.61 Å².